The van der Waals surface area contributed by atoms with Crippen molar-refractivity contribution in [3.8, 4) is 11.5 Å². The number of rotatable bonds is 15. The average Bonchev–Trinajstić information content (AvgIpc) is 3.06. The van der Waals surface area contributed by atoms with E-state index in [0.717, 1.165) is 17.1 Å². The fourth-order valence-corrected chi connectivity index (χ4v) is 6.72. The fourth-order valence-electron chi connectivity index (χ4n) is 4.81. The Morgan fingerprint density at radius 1 is 0.848 bits per heavy atom. The predicted molar refractivity (Wildman–Crippen MR) is 183 cm³/mol. The summed E-state index contributed by atoms with van der Waals surface area (Å²) in [5.74, 6) is 0.215. The molecule has 4 aromatic carbocycles. The van der Waals surface area contributed by atoms with E-state index in [1.165, 1.54) is 17.0 Å². The second-order valence-corrected chi connectivity index (χ2v) is 13.3. The van der Waals surface area contributed by atoms with Crippen LogP contribution in [0.1, 0.15) is 38.7 Å². The third-order valence-corrected chi connectivity index (χ3v) is 9.66. The number of nitrogens with one attached hydrogen (secondary N) is 1. The lowest BCUT2D eigenvalue weighted by Crippen LogP contribution is -2.52. The van der Waals surface area contributed by atoms with Crippen LogP contribution >= 0.6 is 23.2 Å². The highest BCUT2D eigenvalue weighted by atomic mass is 35.5. The highest BCUT2D eigenvalue weighted by Crippen LogP contribution is 2.29. The summed E-state index contributed by atoms with van der Waals surface area (Å²) in [6.45, 7) is 3.68. The lowest BCUT2D eigenvalue weighted by molar-refractivity contribution is -0.140. The summed E-state index contributed by atoms with van der Waals surface area (Å²) < 4.78 is 35.1. The molecule has 0 unspecified atom stereocenters. The molecule has 0 saturated carbocycles. The Morgan fingerprint density at radius 3 is 2.09 bits per heavy atom. The highest BCUT2D eigenvalue weighted by molar-refractivity contribution is 7.92. The Labute approximate surface area is 280 Å². The molecule has 1 N–H and O–H groups in total. The minimum absolute atomic E-state index is 0.0176. The SMILES string of the molecule is CCCCNC(=O)[C@H](CC)N(Cc1ccc(Cl)cc1Cl)C(=O)CN(c1ccc(Oc2ccccc2)cc1)S(=O)(=O)c1ccccc1. The molecule has 0 heterocycles. The van der Waals surface area contributed by atoms with Gasteiger partial charge in [-0.3, -0.25) is 13.9 Å². The molecule has 46 heavy (non-hydrogen) atoms. The smallest absolute Gasteiger partial charge is 0.264 e. The van der Waals surface area contributed by atoms with Crippen molar-refractivity contribution in [3.05, 3.63) is 119 Å². The molecule has 0 aliphatic carbocycles. The van der Waals surface area contributed by atoms with Gasteiger partial charge in [0, 0.05) is 23.1 Å². The number of hydrogen-bond acceptors (Lipinski definition) is 5. The molecular formula is C35H37Cl2N3O5S. The first-order valence-electron chi connectivity index (χ1n) is 15.1. The van der Waals surface area contributed by atoms with Gasteiger partial charge in [-0.15, -0.1) is 0 Å². The summed E-state index contributed by atoms with van der Waals surface area (Å²) in [5.41, 5.74) is 0.821. The first-order valence-corrected chi connectivity index (χ1v) is 17.3. The number of amides is 2. The molecule has 0 spiro atoms. The molecule has 11 heteroatoms. The van der Waals surface area contributed by atoms with Crippen LogP contribution in [0.15, 0.2) is 108 Å². The third kappa shape index (κ3) is 9.02. The van der Waals surface area contributed by atoms with Gasteiger partial charge in [-0.25, -0.2) is 8.42 Å². The number of anilines is 1. The molecule has 0 aliphatic heterocycles. The van der Waals surface area contributed by atoms with Gasteiger partial charge in [0.1, 0.15) is 24.1 Å². The number of carbonyl (C=O) groups excluding carboxylic acids is 2. The number of benzene rings is 4. The highest BCUT2D eigenvalue weighted by Gasteiger charge is 2.34. The Balaban J connectivity index is 1.71. The van der Waals surface area contributed by atoms with Gasteiger partial charge in [0.05, 0.1) is 10.6 Å². The van der Waals surface area contributed by atoms with Crippen molar-refractivity contribution in [2.24, 2.45) is 0 Å². The normalized spacial score (nSPS) is 11.8. The lowest BCUT2D eigenvalue weighted by Gasteiger charge is -2.33. The van der Waals surface area contributed by atoms with Crippen LogP contribution in [-0.4, -0.2) is 44.3 Å². The van der Waals surface area contributed by atoms with Crippen LogP contribution in [-0.2, 0) is 26.2 Å². The van der Waals surface area contributed by atoms with Crippen LogP contribution in [0.5, 0.6) is 11.5 Å². The Bertz CT molecular complexity index is 1710. The molecule has 0 aromatic heterocycles. The molecule has 0 radical (unpaired) electrons. The number of hydrogen-bond donors (Lipinski definition) is 1. The summed E-state index contributed by atoms with van der Waals surface area (Å²) in [7, 11) is -4.21. The summed E-state index contributed by atoms with van der Waals surface area (Å²) in [6, 6.07) is 27.6. The maximum atomic E-state index is 14.3. The maximum absolute atomic E-state index is 14.3. The van der Waals surface area contributed by atoms with Gasteiger partial charge in [0.25, 0.3) is 10.0 Å². The van der Waals surface area contributed by atoms with E-state index in [1.807, 2.05) is 37.3 Å². The van der Waals surface area contributed by atoms with E-state index in [-0.39, 0.29) is 23.0 Å². The largest absolute Gasteiger partial charge is 0.457 e. The number of nitrogens with zero attached hydrogens (tertiary/aromatic N) is 2. The monoisotopic (exact) mass is 681 g/mol. The molecule has 242 valence electrons. The van der Waals surface area contributed by atoms with Crippen LogP contribution in [0.25, 0.3) is 0 Å². The zero-order valence-electron chi connectivity index (χ0n) is 25.7. The number of ether oxygens (including phenoxy) is 1. The third-order valence-electron chi connectivity index (χ3n) is 7.28. The quantitative estimate of drug-likeness (QED) is 0.130. The van der Waals surface area contributed by atoms with Crippen molar-refractivity contribution in [1.29, 1.82) is 0 Å². The van der Waals surface area contributed by atoms with Gasteiger partial charge in [0.15, 0.2) is 0 Å². The van der Waals surface area contributed by atoms with E-state index >= 15 is 0 Å². The second kappa shape index (κ2) is 16.5. The number of unbranched alkanes of at least 4 members (excludes halogenated alkanes) is 1. The molecule has 4 rings (SSSR count). The second-order valence-electron chi connectivity index (χ2n) is 10.6. The number of carbonyl (C=O) groups is 2. The topological polar surface area (TPSA) is 96.0 Å². The summed E-state index contributed by atoms with van der Waals surface area (Å²) >= 11 is 12.6. The molecule has 8 nitrogen and oxygen atoms in total. The van der Waals surface area contributed by atoms with Crippen LogP contribution < -0.4 is 14.4 Å². The van der Waals surface area contributed by atoms with Crippen molar-refractivity contribution in [2.75, 3.05) is 17.4 Å². The van der Waals surface area contributed by atoms with Gasteiger partial charge >= 0.3 is 0 Å². The Hall–Kier alpha value is -4.05. The fraction of sp³-hybridized carbons (Fsp3) is 0.257. The standard InChI is InChI=1S/C35H37Cl2N3O5S/c1-3-5-22-38-35(42)33(4-2)39(24-26-16-17-27(36)23-32(26)37)34(41)25-40(46(43,44)31-14-10-7-11-15-31)28-18-20-30(21-19-28)45-29-12-8-6-9-13-29/h6-21,23,33H,3-5,22,24-25H2,1-2H3,(H,38,42)/t33-/m0/s1. The molecule has 0 fully saturated rings. The molecule has 2 amide bonds. The predicted octanol–water partition coefficient (Wildman–Crippen LogP) is 7.70. The number of halogens is 2. The van der Waals surface area contributed by atoms with Gasteiger partial charge in [-0.2, -0.15) is 0 Å². The molecule has 0 bridgehead atoms. The zero-order chi connectivity index (χ0) is 33.1. The minimum Gasteiger partial charge on any atom is -0.457 e. The average molecular weight is 683 g/mol. The van der Waals surface area contributed by atoms with Crippen molar-refractivity contribution < 1.29 is 22.7 Å². The maximum Gasteiger partial charge on any atom is 0.264 e. The minimum atomic E-state index is -4.21. The van der Waals surface area contributed by atoms with E-state index in [4.69, 9.17) is 27.9 Å². The first kappa shape index (κ1) is 34.8. The van der Waals surface area contributed by atoms with Crippen LogP contribution in [0.2, 0.25) is 10.0 Å². The first-order chi connectivity index (χ1) is 22.1. The van der Waals surface area contributed by atoms with E-state index in [2.05, 4.69) is 5.32 Å². The van der Waals surface area contributed by atoms with Gasteiger partial charge in [0.2, 0.25) is 11.8 Å². The van der Waals surface area contributed by atoms with E-state index in [0.29, 0.717) is 40.1 Å². The van der Waals surface area contributed by atoms with Gasteiger partial charge in [-0.1, -0.05) is 85.9 Å². The van der Waals surface area contributed by atoms with E-state index < -0.39 is 28.5 Å². The Morgan fingerprint density at radius 2 is 1.48 bits per heavy atom. The lowest BCUT2D eigenvalue weighted by atomic mass is 10.1. The van der Waals surface area contributed by atoms with E-state index in [9.17, 15) is 18.0 Å². The summed E-state index contributed by atoms with van der Waals surface area (Å²) in [5, 5.41) is 3.67. The van der Waals surface area contributed by atoms with Crippen LogP contribution in [0.3, 0.4) is 0 Å². The van der Waals surface area contributed by atoms with Crippen molar-refractivity contribution in [1.82, 2.24) is 10.2 Å². The summed E-state index contributed by atoms with van der Waals surface area (Å²) in [6.07, 6.45) is 1.97. The Kier molecular flexibility index (Phi) is 12.5. The molecule has 1 atom stereocenters. The van der Waals surface area contributed by atoms with Crippen molar-refractivity contribution >= 4 is 50.7 Å². The van der Waals surface area contributed by atoms with Crippen molar-refractivity contribution in [2.45, 2.75) is 50.6 Å². The van der Waals surface area contributed by atoms with E-state index in [1.54, 1.807) is 67.6 Å². The van der Waals surface area contributed by atoms with Crippen LogP contribution in [0, 0.1) is 0 Å². The zero-order valence-corrected chi connectivity index (χ0v) is 28.1. The van der Waals surface area contributed by atoms with Gasteiger partial charge < -0.3 is 15.0 Å². The van der Waals surface area contributed by atoms with Gasteiger partial charge in [-0.05, 0) is 79.1 Å². The summed E-state index contributed by atoms with van der Waals surface area (Å²) in [4.78, 5) is 29.1. The number of para-hydroxylation sites is 1. The molecule has 0 saturated heterocycles. The molecular weight excluding hydrogens is 645 g/mol. The van der Waals surface area contributed by atoms with Crippen molar-refractivity contribution in [3.63, 3.8) is 0 Å². The molecule has 4 aromatic rings. The van der Waals surface area contributed by atoms with Crippen LogP contribution in [0.4, 0.5) is 5.69 Å². The number of sulfonamides is 1. The molecule has 0 aliphatic rings.